The van der Waals surface area contributed by atoms with Gasteiger partial charge in [-0.3, -0.25) is 14.2 Å². The number of aromatic nitrogens is 1. The molecule has 1 aromatic heterocycles. The molecule has 0 aliphatic carbocycles. The van der Waals surface area contributed by atoms with Crippen molar-refractivity contribution in [1.29, 1.82) is 0 Å². The highest BCUT2D eigenvalue weighted by atomic mass is 16.5. The van der Waals surface area contributed by atoms with E-state index >= 15 is 0 Å². The second-order valence-electron chi connectivity index (χ2n) is 5.98. The Morgan fingerprint density at radius 1 is 1.27 bits per heavy atom. The maximum absolute atomic E-state index is 13.0. The summed E-state index contributed by atoms with van der Waals surface area (Å²) in [6.07, 6.45) is 1.46. The Morgan fingerprint density at radius 2 is 1.91 bits per heavy atom. The van der Waals surface area contributed by atoms with Gasteiger partial charge in [-0.25, -0.2) is 0 Å². The number of fused-ring (bicyclic) bond motifs is 3. The molecule has 0 bridgehead atoms. The van der Waals surface area contributed by atoms with Crippen molar-refractivity contribution >= 4 is 22.8 Å². The van der Waals surface area contributed by atoms with Gasteiger partial charge < -0.3 is 4.74 Å². The van der Waals surface area contributed by atoms with Crippen molar-refractivity contribution in [1.82, 2.24) is 4.57 Å². The minimum atomic E-state index is -0.745. The van der Waals surface area contributed by atoms with Crippen LogP contribution in [0.3, 0.4) is 0 Å². The summed E-state index contributed by atoms with van der Waals surface area (Å²) < 4.78 is 6.69. The Labute approximate surface area is 130 Å². The summed E-state index contributed by atoms with van der Waals surface area (Å²) in [7, 11) is 1.35. The molecule has 4 heteroatoms. The summed E-state index contributed by atoms with van der Waals surface area (Å²) in [6, 6.07) is 7.88. The van der Waals surface area contributed by atoms with Gasteiger partial charge in [0.1, 0.15) is 5.92 Å². The average molecular weight is 299 g/mol. The van der Waals surface area contributed by atoms with Gasteiger partial charge in [0.15, 0.2) is 0 Å². The molecule has 4 nitrogen and oxygen atoms in total. The fourth-order valence-electron chi connectivity index (χ4n) is 4.17. The summed E-state index contributed by atoms with van der Waals surface area (Å²) in [5.74, 6) is -1.33. The summed E-state index contributed by atoms with van der Waals surface area (Å²) in [5, 5.41) is 1.08. The average Bonchev–Trinajstić information content (AvgIpc) is 2.99. The van der Waals surface area contributed by atoms with E-state index in [2.05, 4.69) is 0 Å². The van der Waals surface area contributed by atoms with Crippen molar-refractivity contribution in [3.8, 4) is 0 Å². The van der Waals surface area contributed by atoms with Crippen molar-refractivity contribution in [3.63, 3.8) is 0 Å². The number of hydrogen-bond acceptors (Lipinski definition) is 3. The fourth-order valence-corrected chi connectivity index (χ4v) is 4.17. The first-order chi connectivity index (χ1) is 10.5. The molecule has 0 unspecified atom stereocenters. The minimum Gasteiger partial charge on any atom is -0.468 e. The quantitative estimate of drug-likeness (QED) is 0.644. The zero-order valence-electron chi connectivity index (χ0n) is 13.5. The van der Waals surface area contributed by atoms with Crippen LogP contribution in [0.5, 0.6) is 0 Å². The van der Waals surface area contributed by atoms with Gasteiger partial charge in [0.05, 0.1) is 12.6 Å². The SMILES string of the molecule is CCC1(CC)c2c(C)c3ccccc3n2C(=O)[C@@H]1C(=O)OC. The number of nitrogens with zero attached hydrogens (tertiary/aromatic N) is 1. The van der Waals surface area contributed by atoms with Crippen molar-refractivity contribution < 1.29 is 14.3 Å². The predicted molar refractivity (Wildman–Crippen MR) is 85.1 cm³/mol. The zero-order chi connectivity index (χ0) is 16.1. The van der Waals surface area contributed by atoms with Crippen LogP contribution in [0.4, 0.5) is 0 Å². The molecule has 0 N–H and O–H groups in total. The van der Waals surface area contributed by atoms with E-state index in [0.717, 1.165) is 35.0 Å². The van der Waals surface area contributed by atoms with E-state index in [1.165, 1.54) is 7.11 Å². The number of rotatable bonds is 3. The summed E-state index contributed by atoms with van der Waals surface area (Å²) >= 11 is 0. The van der Waals surface area contributed by atoms with Gasteiger partial charge >= 0.3 is 5.97 Å². The Kier molecular flexibility index (Phi) is 3.35. The molecule has 0 amide bonds. The molecule has 2 heterocycles. The van der Waals surface area contributed by atoms with E-state index in [1.807, 2.05) is 45.0 Å². The second kappa shape index (κ2) is 4.97. The molecule has 116 valence electrons. The number of carbonyl (C=O) groups is 2. The van der Waals surface area contributed by atoms with Crippen LogP contribution >= 0.6 is 0 Å². The molecule has 22 heavy (non-hydrogen) atoms. The Bertz CT molecular complexity index is 768. The number of methoxy groups -OCH3 is 1. The Hall–Kier alpha value is -2.10. The molecular weight excluding hydrogens is 278 g/mol. The van der Waals surface area contributed by atoms with E-state index in [4.69, 9.17) is 4.74 Å². The lowest BCUT2D eigenvalue weighted by Crippen LogP contribution is -2.39. The zero-order valence-corrected chi connectivity index (χ0v) is 13.5. The number of carbonyl (C=O) groups excluding carboxylic acids is 2. The third-order valence-electron chi connectivity index (χ3n) is 5.32. The largest absolute Gasteiger partial charge is 0.468 e. The van der Waals surface area contributed by atoms with Crippen LogP contribution in [0.25, 0.3) is 10.9 Å². The number of ether oxygens (including phenoxy) is 1. The molecule has 1 atom stereocenters. The van der Waals surface area contributed by atoms with Crippen LogP contribution in [-0.4, -0.2) is 23.6 Å². The van der Waals surface area contributed by atoms with Gasteiger partial charge in [-0.15, -0.1) is 0 Å². The molecule has 3 rings (SSSR count). The first-order valence-corrected chi connectivity index (χ1v) is 7.76. The van der Waals surface area contributed by atoms with E-state index < -0.39 is 17.3 Å². The fraction of sp³-hybridized carbons (Fsp3) is 0.444. The molecular formula is C18H21NO3. The van der Waals surface area contributed by atoms with E-state index in [0.29, 0.717) is 0 Å². The molecule has 0 spiro atoms. The number of esters is 1. The molecule has 0 fully saturated rings. The molecule has 1 aliphatic heterocycles. The number of benzene rings is 1. The van der Waals surface area contributed by atoms with Gasteiger partial charge in [-0.1, -0.05) is 32.0 Å². The third kappa shape index (κ3) is 1.58. The number of hydrogen-bond donors (Lipinski definition) is 0. The van der Waals surface area contributed by atoms with Gasteiger partial charge in [-0.2, -0.15) is 0 Å². The van der Waals surface area contributed by atoms with Crippen LogP contribution in [0, 0.1) is 12.8 Å². The topological polar surface area (TPSA) is 48.3 Å². The maximum atomic E-state index is 13.0. The van der Waals surface area contributed by atoms with Gasteiger partial charge in [0.25, 0.3) is 0 Å². The highest BCUT2D eigenvalue weighted by molar-refractivity contribution is 6.09. The van der Waals surface area contributed by atoms with E-state index in [1.54, 1.807) is 4.57 Å². The monoisotopic (exact) mass is 299 g/mol. The van der Waals surface area contributed by atoms with Crippen molar-refractivity contribution in [2.24, 2.45) is 5.92 Å². The van der Waals surface area contributed by atoms with Crippen LogP contribution in [0.1, 0.15) is 42.7 Å². The van der Waals surface area contributed by atoms with Gasteiger partial charge in [-0.05, 0) is 31.4 Å². The van der Waals surface area contributed by atoms with Crippen molar-refractivity contribution in [2.45, 2.75) is 39.0 Å². The lowest BCUT2D eigenvalue weighted by Gasteiger charge is -2.31. The number of para-hydroxylation sites is 1. The van der Waals surface area contributed by atoms with Crippen molar-refractivity contribution in [3.05, 3.63) is 35.5 Å². The van der Waals surface area contributed by atoms with Crippen LogP contribution in [0.2, 0.25) is 0 Å². The smallest absolute Gasteiger partial charge is 0.319 e. The molecule has 0 saturated carbocycles. The molecule has 0 radical (unpaired) electrons. The van der Waals surface area contributed by atoms with Crippen LogP contribution < -0.4 is 0 Å². The van der Waals surface area contributed by atoms with Crippen molar-refractivity contribution in [2.75, 3.05) is 7.11 Å². The van der Waals surface area contributed by atoms with E-state index in [-0.39, 0.29) is 5.91 Å². The normalized spacial score (nSPS) is 19.5. The van der Waals surface area contributed by atoms with Crippen LogP contribution in [0.15, 0.2) is 24.3 Å². The first-order valence-electron chi connectivity index (χ1n) is 7.76. The highest BCUT2D eigenvalue weighted by Gasteiger charge is 2.56. The maximum Gasteiger partial charge on any atom is 0.319 e. The molecule has 1 aliphatic rings. The highest BCUT2D eigenvalue weighted by Crippen LogP contribution is 2.49. The minimum absolute atomic E-state index is 0.158. The first kappa shape index (κ1) is 14.8. The van der Waals surface area contributed by atoms with E-state index in [9.17, 15) is 9.59 Å². The second-order valence-corrected chi connectivity index (χ2v) is 5.98. The molecule has 1 aromatic carbocycles. The molecule has 2 aromatic rings. The summed E-state index contributed by atoms with van der Waals surface area (Å²) in [4.78, 5) is 25.3. The summed E-state index contributed by atoms with van der Waals surface area (Å²) in [6.45, 7) is 6.13. The Balaban J connectivity index is 2.39. The summed E-state index contributed by atoms with van der Waals surface area (Å²) in [5.41, 5.74) is 2.49. The standard InChI is InChI=1S/C18H21NO3/c1-5-18(6-2)14(17(21)22-4)16(20)19-13-10-8-7-9-12(13)11(3)15(18)19/h7-10,14H,5-6H2,1-4H3/t14-/m1/s1. The predicted octanol–water partition coefficient (Wildman–Crippen LogP) is 3.45. The molecule has 0 saturated heterocycles. The lowest BCUT2D eigenvalue weighted by molar-refractivity contribution is -0.145. The van der Waals surface area contributed by atoms with Crippen LogP contribution in [-0.2, 0) is 14.9 Å². The third-order valence-corrected chi connectivity index (χ3v) is 5.32. The van der Waals surface area contributed by atoms with Gasteiger partial charge in [0, 0.05) is 16.5 Å². The number of aryl methyl sites for hydroxylation is 1. The van der Waals surface area contributed by atoms with Gasteiger partial charge in [0.2, 0.25) is 5.91 Å². The Morgan fingerprint density at radius 3 is 2.50 bits per heavy atom. The lowest BCUT2D eigenvalue weighted by atomic mass is 9.69.